The Morgan fingerprint density at radius 1 is 1.05 bits per heavy atom. The Labute approximate surface area is 127 Å². The van der Waals surface area contributed by atoms with Gasteiger partial charge < -0.3 is 5.32 Å². The monoisotopic (exact) mass is 280 g/mol. The Morgan fingerprint density at radius 2 is 1.76 bits per heavy atom. The summed E-state index contributed by atoms with van der Waals surface area (Å²) in [5.41, 5.74) is 6.20. The molecule has 0 spiro atoms. The zero-order valence-electron chi connectivity index (χ0n) is 13.0. The van der Waals surface area contributed by atoms with Gasteiger partial charge in [0, 0.05) is 17.3 Å². The van der Waals surface area contributed by atoms with Gasteiger partial charge in [0.05, 0.1) is 12.2 Å². The minimum Gasteiger partial charge on any atom is -0.379 e. The zero-order chi connectivity index (χ0) is 14.7. The molecule has 0 radical (unpaired) electrons. The molecule has 1 aliphatic rings. The molecule has 110 valence electrons. The van der Waals surface area contributed by atoms with Crippen molar-refractivity contribution in [2.45, 2.75) is 52.0 Å². The van der Waals surface area contributed by atoms with Crippen molar-refractivity contribution >= 4 is 5.69 Å². The minimum atomic E-state index is 0.686. The number of nitrogens with zero attached hydrogens (tertiary/aromatic N) is 1. The first kappa shape index (κ1) is 14.1. The van der Waals surface area contributed by atoms with Crippen LogP contribution in [0.3, 0.4) is 0 Å². The summed E-state index contributed by atoms with van der Waals surface area (Å²) in [6.45, 7) is 5.07. The van der Waals surface area contributed by atoms with Gasteiger partial charge in [-0.2, -0.15) is 0 Å². The summed E-state index contributed by atoms with van der Waals surface area (Å²) < 4.78 is 0. The minimum absolute atomic E-state index is 0.686. The molecule has 1 saturated carbocycles. The van der Waals surface area contributed by atoms with Crippen LogP contribution in [0.1, 0.15) is 54.1 Å². The maximum Gasteiger partial charge on any atom is 0.0598 e. The first-order valence-corrected chi connectivity index (χ1v) is 7.99. The Morgan fingerprint density at radius 3 is 2.48 bits per heavy atom. The van der Waals surface area contributed by atoms with Gasteiger partial charge in [0.15, 0.2) is 0 Å². The van der Waals surface area contributed by atoms with Crippen LogP contribution in [-0.2, 0) is 6.54 Å². The van der Waals surface area contributed by atoms with E-state index in [-0.39, 0.29) is 0 Å². The van der Waals surface area contributed by atoms with Crippen molar-refractivity contribution in [3.05, 3.63) is 58.9 Å². The first-order chi connectivity index (χ1) is 10.2. The van der Waals surface area contributed by atoms with Gasteiger partial charge in [0.2, 0.25) is 0 Å². The molecule has 1 fully saturated rings. The van der Waals surface area contributed by atoms with Gasteiger partial charge in [-0.25, -0.2) is 0 Å². The van der Waals surface area contributed by atoms with Gasteiger partial charge in [-0.15, -0.1) is 0 Å². The average Bonchev–Trinajstić information content (AvgIpc) is 2.99. The standard InChI is InChI=1S/C19H24N2/c1-14-10-15(2)12-18(11-14)20-13-17-8-5-9-19(21-17)16-6-3-4-7-16/h5,8-12,16,20H,3-4,6-7,13H2,1-2H3. The second kappa shape index (κ2) is 6.30. The topological polar surface area (TPSA) is 24.9 Å². The fraction of sp³-hybridized carbons (Fsp3) is 0.421. The fourth-order valence-electron chi connectivity index (χ4n) is 3.31. The number of pyridine rings is 1. The molecule has 3 rings (SSSR count). The highest BCUT2D eigenvalue weighted by molar-refractivity contribution is 5.48. The molecule has 1 aliphatic carbocycles. The van der Waals surface area contributed by atoms with Crippen LogP contribution < -0.4 is 5.32 Å². The highest BCUT2D eigenvalue weighted by Gasteiger charge is 2.18. The number of benzene rings is 1. The Hall–Kier alpha value is -1.83. The molecule has 0 saturated heterocycles. The molecule has 2 nitrogen and oxygen atoms in total. The molecule has 0 aliphatic heterocycles. The molecule has 21 heavy (non-hydrogen) atoms. The summed E-state index contributed by atoms with van der Waals surface area (Å²) in [6, 6.07) is 13.0. The van der Waals surface area contributed by atoms with Gasteiger partial charge >= 0.3 is 0 Å². The van der Waals surface area contributed by atoms with Crippen LogP contribution in [0.25, 0.3) is 0 Å². The third-order valence-electron chi connectivity index (χ3n) is 4.30. The third-order valence-corrected chi connectivity index (χ3v) is 4.30. The van der Waals surface area contributed by atoms with E-state index in [0.717, 1.165) is 12.2 Å². The highest BCUT2D eigenvalue weighted by atomic mass is 14.9. The number of anilines is 1. The van der Waals surface area contributed by atoms with Crippen LogP contribution in [0.2, 0.25) is 0 Å². The SMILES string of the molecule is Cc1cc(C)cc(NCc2cccc(C3CCCC3)n2)c1. The molecule has 1 heterocycles. The molecular formula is C19H24N2. The number of aryl methyl sites for hydroxylation is 2. The van der Waals surface area contributed by atoms with Crippen molar-refractivity contribution in [3.8, 4) is 0 Å². The van der Waals surface area contributed by atoms with Gasteiger partial charge in [-0.3, -0.25) is 4.98 Å². The van der Waals surface area contributed by atoms with E-state index in [1.54, 1.807) is 0 Å². The zero-order valence-corrected chi connectivity index (χ0v) is 13.0. The van der Waals surface area contributed by atoms with E-state index in [0.29, 0.717) is 5.92 Å². The molecule has 0 bridgehead atoms. The predicted octanol–water partition coefficient (Wildman–Crippen LogP) is 4.97. The van der Waals surface area contributed by atoms with Crippen molar-refractivity contribution in [1.29, 1.82) is 0 Å². The van der Waals surface area contributed by atoms with Gasteiger partial charge in [0.25, 0.3) is 0 Å². The molecule has 1 N–H and O–H groups in total. The summed E-state index contributed by atoms with van der Waals surface area (Å²) >= 11 is 0. The second-order valence-electron chi connectivity index (χ2n) is 6.27. The lowest BCUT2D eigenvalue weighted by Crippen LogP contribution is -2.05. The van der Waals surface area contributed by atoms with Gasteiger partial charge in [0.1, 0.15) is 0 Å². The molecule has 0 atom stereocenters. The van der Waals surface area contributed by atoms with Crippen LogP contribution in [-0.4, -0.2) is 4.98 Å². The normalized spacial score (nSPS) is 15.3. The van der Waals surface area contributed by atoms with Crippen LogP contribution in [0.15, 0.2) is 36.4 Å². The largest absolute Gasteiger partial charge is 0.379 e. The summed E-state index contributed by atoms with van der Waals surface area (Å²) in [5.74, 6) is 0.686. The van der Waals surface area contributed by atoms with Gasteiger partial charge in [-0.1, -0.05) is 25.0 Å². The molecule has 1 aromatic carbocycles. The summed E-state index contributed by atoms with van der Waals surface area (Å²) in [7, 11) is 0. The van der Waals surface area contributed by atoms with Gasteiger partial charge in [-0.05, 0) is 62.1 Å². The van der Waals surface area contributed by atoms with E-state index in [1.807, 2.05) is 0 Å². The molecule has 1 aromatic heterocycles. The molecule has 2 heteroatoms. The lowest BCUT2D eigenvalue weighted by atomic mass is 10.0. The maximum atomic E-state index is 4.85. The molecular weight excluding hydrogens is 256 g/mol. The van der Waals surface area contributed by atoms with E-state index in [2.05, 4.69) is 55.6 Å². The van der Waals surface area contributed by atoms with Crippen LogP contribution >= 0.6 is 0 Å². The highest BCUT2D eigenvalue weighted by Crippen LogP contribution is 2.32. The Bertz CT molecular complexity index is 592. The first-order valence-electron chi connectivity index (χ1n) is 7.99. The average molecular weight is 280 g/mol. The van der Waals surface area contributed by atoms with Crippen LogP contribution in [0.4, 0.5) is 5.69 Å². The summed E-state index contributed by atoms with van der Waals surface area (Å²) in [5, 5.41) is 3.50. The van der Waals surface area contributed by atoms with Crippen molar-refractivity contribution in [1.82, 2.24) is 4.98 Å². The van der Waals surface area contributed by atoms with Crippen molar-refractivity contribution in [2.24, 2.45) is 0 Å². The summed E-state index contributed by atoms with van der Waals surface area (Å²) in [4.78, 5) is 4.85. The quantitative estimate of drug-likeness (QED) is 0.855. The van der Waals surface area contributed by atoms with Crippen LogP contribution in [0, 0.1) is 13.8 Å². The Balaban J connectivity index is 1.68. The Kier molecular flexibility index (Phi) is 4.23. The number of hydrogen-bond donors (Lipinski definition) is 1. The predicted molar refractivity (Wildman–Crippen MR) is 88.7 cm³/mol. The molecule has 2 aromatic rings. The van der Waals surface area contributed by atoms with Crippen LogP contribution in [0.5, 0.6) is 0 Å². The fourth-order valence-corrected chi connectivity index (χ4v) is 3.31. The number of rotatable bonds is 4. The summed E-state index contributed by atoms with van der Waals surface area (Å²) in [6.07, 6.45) is 5.33. The van der Waals surface area contributed by atoms with E-state index in [4.69, 9.17) is 4.98 Å². The van der Waals surface area contributed by atoms with Crippen molar-refractivity contribution in [2.75, 3.05) is 5.32 Å². The van der Waals surface area contributed by atoms with E-state index >= 15 is 0 Å². The lowest BCUT2D eigenvalue weighted by molar-refractivity contribution is 0.692. The van der Waals surface area contributed by atoms with E-state index in [1.165, 1.54) is 48.2 Å². The molecule has 0 unspecified atom stereocenters. The second-order valence-corrected chi connectivity index (χ2v) is 6.27. The van der Waals surface area contributed by atoms with E-state index < -0.39 is 0 Å². The number of hydrogen-bond acceptors (Lipinski definition) is 2. The van der Waals surface area contributed by atoms with Crippen molar-refractivity contribution in [3.63, 3.8) is 0 Å². The van der Waals surface area contributed by atoms with Crippen molar-refractivity contribution < 1.29 is 0 Å². The third kappa shape index (κ3) is 3.63. The number of nitrogens with one attached hydrogen (secondary N) is 1. The molecule has 0 amide bonds. The number of aromatic nitrogens is 1. The van der Waals surface area contributed by atoms with E-state index in [9.17, 15) is 0 Å². The maximum absolute atomic E-state index is 4.85. The lowest BCUT2D eigenvalue weighted by Gasteiger charge is -2.12. The smallest absolute Gasteiger partial charge is 0.0598 e.